The molecule has 1 atom stereocenters. The van der Waals surface area contributed by atoms with E-state index < -0.39 is 11.2 Å². The van der Waals surface area contributed by atoms with Crippen molar-refractivity contribution in [1.29, 1.82) is 0 Å². The molecule has 0 radical (unpaired) electrons. The number of aliphatic hydroxyl groups excluding tert-OH is 1. The second-order valence-corrected chi connectivity index (χ2v) is 6.00. The molecule has 4 heteroatoms. The van der Waals surface area contributed by atoms with E-state index in [4.69, 9.17) is 0 Å². The maximum absolute atomic E-state index is 13.4. The topological polar surface area (TPSA) is 40.5 Å². The Balaban J connectivity index is 2.57. The fraction of sp³-hybridized carbons (Fsp3) is 0.500. The third-order valence-corrected chi connectivity index (χ3v) is 4.19. The molecule has 0 heterocycles. The number of phenolic OH excluding ortho intramolecular Hbond substituents is 1. The molecular formula is C12H14BrFO2. The number of phenols is 1. The van der Waals surface area contributed by atoms with Crippen molar-refractivity contribution >= 4 is 15.9 Å². The van der Waals surface area contributed by atoms with Crippen LogP contribution in [-0.4, -0.2) is 16.8 Å². The Kier molecular flexibility index (Phi) is 2.55. The predicted octanol–water partition coefficient (Wildman–Crippen LogP) is 2.95. The fourth-order valence-electron chi connectivity index (χ4n) is 2.46. The minimum atomic E-state index is -0.653. The van der Waals surface area contributed by atoms with Gasteiger partial charge in [-0.25, -0.2) is 4.39 Å². The number of halogens is 2. The van der Waals surface area contributed by atoms with Crippen LogP contribution in [0.15, 0.2) is 16.6 Å². The Morgan fingerprint density at radius 1 is 1.44 bits per heavy atom. The largest absolute Gasteiger partial charge is 0.505 e. The highest BCUT2D eigenvalue weighted by atomic mass is 79.9. The lowest BCUT2D eigenvalue weighted by Crippen LogP contribution is -2.19. The van der Waals surface area contributed by atoms with Crippen molar-refractivity contribution in [3.05, 3.63) is 28.0 Å². The number of aromatic hydroxyl groups is 1. The summed E-state index contributed by atoms with van der Waals surface area (Å²) in [4.78, 5) is 0. The summed E-state index contributed by atoms with van der Waals surface area (Å²) in [6, 6.07) is 2.91. The van der Waals surface area contributed by atoms with Crippen molar-refractivity contribution in [3.63, 3.8) is 0 Å². The minimum Gasteiger partial charge on any atom is -0.505 e. The summed E-state index contributed by atoms with van der Waals surface area (Å²) < 4.78 is 14.0. The molecule has 0 aliphatic heterocycles. The Hall–Kier alpha value is -0.610. The van der Waals surface area contributed by atoms with Crippen LogP contribution >= 0.6 is 15.9 Å². The summed E-state index contributed by atoms with van der Waals surface area (Å²) in [5.74, 6) is -0.997. The zero-order chi connectivity index (χ0) is 12.1. The summed E-state index contributed by atoms with van der Waals surface area (Å²) in [5, 5.41) is 19.3. The molecule has 0 spiro atoms. The van der Waals surface area contributed by atoms with Gasteiger partial charge in [0.1, 0.15) is 0 Å². The molecule has 1 unspecified atom stereocenters. The van der Waals surface area contributed by atoms with E-state index in [0.717, 1.165) is 6.42 Å². The maximum atomic E-state index is 13.4. The maximum Gasteiger partial charge on any atom is 0.166 e. The first-order chi connectivity index (χ1) is 7.34. The highest BCUT2D eigenvalue weighted by Gasteiger charge is 2.62. The lowest BCUT2D eigenvalue weighted by atomic mass is 9.88. The van der Waals surface area contributed by atoms with Crippen molar-refractivity contribution in [2.75, 3.05) is 6.61 Å². The van der Waals surface area contributed by atoms with E-state index in [0.29, 0.717) is 10.0 Å². The average Bonchev–Trinajstić information content (AvgIpc) is 2.76. The minimum absolute atomic E-state index is 0.0799. The molecular weight excluding hydrogens is 275 g/mol. The van der Waals surface area contributed by atoms with Gasteiger partial charge in [-0.15, -0.1) is 0 Å². The molecule has 2 nitrogen and oxygen atoms in total. The molecule has 0 aromatic heterocycles. The average molecular weight is 289 g/mol. The highest BCUT2D eigenvalue weighted by molar-refractivity contribution is 9.10. The van der Waals surface area contributed by atoms with Gasteiger partial charge < -0.3 is 10.2 Å². The molecule has 88 valence electrons. The van der Waals surface area contributed by atoms with Crippen molar-refractivity contribution in [1.82, 2.24) is 0 Å². The number of benzene rings is 1. The summed E-state index contributed by atoms with van der Waals surface area (Å²) in [5.41, 5.74) is -0.124. The van der Waals surface area contributed by atoms with E-state index in [1.807, 2.05) is 13.8 Å². The number of aliphatic hydroxyl groups is 1. The van der Waals surface area contributed by atoms with E-state index in [1.54, 1.807) is 6.07 Å². The number of hydrogen-bond acceptors (Lipinski definition) is 2. The zero-order valence-electron chi connectivity index (χ0n) is 9.22. The summed E-state index contributed by atoms with van der Waals surface area (Å²) in [6.07, 6.45) is 0.750. The standard InChI is InChI=1S/C12H14BrFO2/c1-11(2)5-12(11,6-15)8-3-7(13)4-9(14)10(8)16/h3-4,15-16H,5-6H2,1-2H3. The molecule has 2 N–H and O–H groups in total. The van der Waals surface area contributed by atoms with Gasteiger partial charge in [-0.2, -0.15) is 0 Å². The van der Waals surface area contributed by atoms with Gasteiger partial charge in [0, 0.05) is 15.5 Å². The predicted molar refractivity (Wildman–Crippen MR) is 62.9 cm³/mol. The van der Waals surface area contributed by atoms with Gasteiger partial charge in [0.15, 0.2) is 11.6 Å². The zero-order valence-corrected chi connectivity index (χ0v) is 10.8. The van der Waals surface area contributed by atoms with Crippen LogP contribution in [0.2, 0.25) is 0 Å². The summed E-state index contributed by atoms with van der Waals surface area (Å²) in [6.45, 7) is 3.92. The normalized spacial score (nSPS) is 26.8. The molecule has 1 aliphatic rings. The lowest BCUT2D eigenvalue weighted by Gasteiger charge is -2.20. The van der Waals surface area contributed by atoms with E-state index in [1.165, 1.54) is 6.07 Å². The first-order valence-electron chi connectivity index (χ1n) is 5.13. The lowest BCUT2D eigenvalue weighted by molar-refractivity contribution is 0.227. The molecule has 0 saturated heterocycles. The molecule has 0 bridgehead atoms. The van der Waals surface area contributed by atoms with Crippen LogP contribution in [-0.2, 0) is 5.41 Å². The first-order valence-corrected chi connectivity index (χ1v) is 5.93. The molecule has 16 heavy (non-hydrogen) atoms. The Labute approximate surface area is 102 Å². The smallest absolute Gasteiger partial charge is 0.166 e. The van der Waals surface area contributed by atoms with Crippen molar-refractivity contribution < 1.29 is 14.6 Å². The Morgan fingerprint density at radius 2 is 2.00 bits per heavy atom. The second kappa shape index (κ2) is 3.44. The SMILES string of the molecule is CC1(C)CC1(CO)c1cc(Br)cc(F)c1O. The van der Waals surface area contributed by atoms with Crippen LogP contribution < -0.4 is 0 Å². The van der Waals surface area contributed by atoms with Crippen LogP contribution in [0.5, 0.6) is 5.75 Å². The molecule has 1 aromatic carbocycles. The number of hydrogen-bond donors (Lipinski definition) is 2. The van der Waals surface area contributed by atoms with Crippen LogP contribution in [0.3, 0.4) is 0 Å². The molecule has 1 aromatic rings. The molecule has 1 fully saturated rings. The van der Waals surface area contributed by atoms with E-state index in [-0.39, 0.29) is 17.8 Å². The van der Waals surface area contributed by atoms with Crippen LogP contribution in [0.1, 0.15) is 25.8 Å². The molecule has 0 amide bonds. The van der Waals surface area contributed by atoms with Crippen LogP contribution in [0.25, 0.3) is 0 Å². The molecule has 1 saturated carbocycles. The van der Waals surface area contributed by atoms with Gasteiger partial charge in [-0.1, -0.05) is 29.8 Å². The Morgan fingerprint density at radius 3 is 2.44 bits per heavy atom. The molecule has 1 aliphatic carbocycles. The molecule has 2 rings (SSSR count). The van der Waals surface area contributed by atoms with Gasteiger partial charge in [0.2, 0.25) is 0 Å². The third-order valence-electron chi connectivity index (χ3n) is 3.73. The fourth-order valence-corrected chi connectivity index (χ4v) is 2.89. The van der Waals surface area contributed by atoms with Crippen molar-refractivity contribution in [2.45, 2.75) is 25.7 Å². The highest BCUT2D eigenvalue weighted by Crippen LogP contribution is 2.65. The number of rotatable bonds is 2. The van der Waals surface area contributed by atoms with Gasteiger partial charge in [-0.3, -0.25) is 0 Å². The van der Waals surface area contributed by atoms with E-state index in [2.05, 4.69) is 15.9 Å². The van der Waals surface area contributed by atoms with E-state index in [9.17, 15) is 14.6 Å². The van der Waals surface area contributed by atoms with E-state index >= 15 is 0 Å². The van der Waals surface area contributed by atoms with Crippen LogP contribution in [0.4, 0.5) is 4.39 Å². The summed E-state index contributed by atoms with van der Waals surface area (Å²) >= 11 is 3.20. The quantitative estimate of drug-likeness (QED) is 0.878. The van der Waals surface area contributed by atoms with Crippen molar-refractivity contribution in [2.24, 2.45) is 5.41 Å². The third kappa shape index (κ3) is 1.47. The Bertz CT molecular complexity index is 445. The first kappa shape index (κ1) is 11.9. The summed E-state index contributed by atoms with van der Waals surface area (Å²) in [7, 11) is 0. The second-order valence-electron chi connectivity index (χ2n) is 5.08. The van der Waals surface area contributed by atoms with Crippen LogP contribution in [0, 0.1) is 11.2 Å². The monoisotopic (exact) mass is 288 g/mol. The van der Waals surface area contributed by atoms with Gasteiger partial charge in [0.05, 0.1) is 6.61 Å². The van der Waals surface area contributed by atoms with Gasteiger partial charge in [-0.05, 0) is 24.0 Å². The van der Waals surface area contributed by atoms with Gasteiger partial charge >= 0.3 is 0 Å². The van der Waals surface area contributed by atoms with Crippen molar-refractivity contribution in [3.8, 4) is 5.75 Å². The van der Waals surface area contributed by atoms with Gasteiger partial charge in [0.25, 0.3) is 0 Å².